The number of amides is 1. The molecule has 2 aromatic heterocycles. The lowest BCUT2D eigenvalue weighted by molar-refractivity contribution is 0.0947. The van der Waals surface area contributed by atoms with E-state index in [4.69, 9.17) is 5.73 Å². The molecule has 122 valence electrons. The second-order valence-corrected chi connectivity index (χ2v) is 5.54. The van der Waals surface area contributed by atoms with Crippen molar-refractivity contribution >= 4 is 5.91 Å². The smallest absolute Gasteiger partial charge is 0.272 e. The number of likely N-dealkylation sites (N-methyl/N-ethyl adjacent to an activating group) is 1. The van der Waals surface area contributed by atoms with Gasteiger partial charge in [0.2, 0.25) is 0 Å². The van der Waals surface area contributed by atoms with Gasteiger partial charge >= 0.3 is 0 Å². The summed E-state index contributed by atoms with van der Waals surface area (Å²) in [7, 11) is 0. The standard InChI is InChI=1S/C16H22N6O/c1-2-21-10-6-13-12(11-21)15(16(23)19-9-7-17)20-22(13)14-5-3-4-8-18-14/h3-5,8H,2,6-7,9-11,17H2,1H3,(H,19,23). The molecule has 0 fully saturated rings. The van der Waals surface area contributed by atoms with E-state index < -0.39 is 0 Å². The van der Waals surface area contributed by atoms with E-state index in [0.717, 1.165) is 43.1 Å². The number of nitrogens with zero attached hydrogens (tertiary/aromatic N) is 4. The Morgan fingerprint density at radius 3 is 3.00 bits per heavy atom. The Morgan fingerprint density at radius 1 is 1.43 bits per heavy atom. The monoisotopic (exact) mass is 314 g/mol. The molecule has 0 aliphatic carbocycles. The maximum absolute atomic E-state index is 12.4. The van der Waals surface area contributed by atoms with Gasteiger partial charge < -0.3 is 11.1 Å². The highest BCUT2D eigenvalue weighted by atomic mass is 16.2. The third-order valence-corrected chi connectivity index (χ3v) is 4.09. The minimum Gasteiger partial charge on any atom is -0.349 e. The number of hydrogen-bond donors (Lipinski definition) is 2. The van der Waals surface area contributed by atoms with Gasteiger partial charge in [-0.15, -0.1) is 0 Å². The molecule has 1 aliphatic rings. The second kappa shape index (κ2) is 6.89. The maximum Gasteiger partial charge on any atom is 0.272 e. The fourth-order valence-corrected chi connectivity index (χ4v) is 2.87. The summed E-state index contributed by atoms with van der Waals surface area (Å²) in [5, 5.41) is 7.38. The molecule has 1 amide bonds. The Kier molecular flexibility index (Phi) is 4.68. The summed E-state index contributed by atoms with van der Waals surface area (Å²) in [6.07, 6.45) is 2.59. The third kappa shape index (κ3) is 3.11. The van der Waals surface area contributed by atoms with E-state index in [2.05, 4.69) is 27.2 Å². The number of carbonyl (C=O) groups excluding carboxylic acids is 1. The number of rotatable bonds is 5. The lowest BCUT2D eigenvalue weighted by Gasteiger charge is -2.26. The van der Waals surface area contributed by atoms with Gasteiger partial charge in [-0.3, -0.25) is 9.69 Å². The van der Waals surface area contributed by atoms with Crippen LogP contribution >= 0.6 is 0 Å². The van der Waals surface area contributed by atoms with E-state index in [1.165, 1.54) is 0 Å². The number of hydrogen-bond acceptors (Lipinski definition) is 5. The van der Waals surface area contributed by atoms with E-state index in [0.29, 0.717) is 18.8 Å². The molecule has 7 nitrogen and oxygen atoms in total. The van der Waals surface area contributed by atoms with Crippen LogP contribution < -0.4 is 11.1 Å². The van der Waals surface area contributed by atoms with Crippen molar-refractivity contribution in [1.29, 1.82) is 0 Å². The van der Waals surface area contributed by atoms with Crippen molar-refractivity contribution in [2.75, 3.05) is 26.2 Å². The zero-order valence-electron chi connectivity index (χ0n) is 13.3. The summed E-state index contributed by atoms with van der Waals surface area (Å²) in [6, 6.07) is 5.69. The van der Waals surface area contributed by atoms with Crippen LogP contribution in [0.2, 0.25) is 0 Å². The first kappa shape index (κ1) is 15.6. The fraction of sp³-hybridized carbons (Fsp3) is 0.438. The summed E-state index contributed by atoms with van der Waals surface area (Å²) < 4.78 is 1.81. The quantitative estimate of drug-likeness (QED) is 0.830. The van der Waals surface area contributed by atoms with Gasteiger partial charge in [-0.1, -0.05) is 13.0 Å². The predicted octanol–water partition coefficient (Wildman–Crippen LogP) is 0.334. The van der Waals surface area contributed by atoms with Crippen molar-refractivity contribution in [1.82, 2.24) is 25.0 Å². The van der Waals surface area contributed by atoms with Gasteiger partial charge in [-0.25, -0.2) is 9.67 Å². The molecule has 0 unspecified atom stereocenters. The summed E-state index contributed by atoms with van der Waals surface area (Å²) in [4.78, 5) is 19.1. The molecule has 0 saturated heterocycles. The molecule has 0 aromatic carbocycles. The Morgan fingerprint density at radius 2 is 2.30 bits per heavy atom. The van der Waals surface area contributed by atoms with Crippen LogP contribution in [0.15, 0.2) is 24.4 Å². The third-order valence-electron chi connectivity index (χ3n) is 4.09. The molecular formula is C16H22N6O. The predicted molar refractivity (Wildman–Crippen MR) is 87.4 cm³/mol. The molecule has 0 spiro atoms. The van der Waals surface area contributed by atoms with Gasteiger partial charge in [-0.05, 0) is 18.7 Å². The van der Waals surface area contributed by atoms with Crippen LogP contribution in [0.1, 0.15) is 28.7 Å². The number of carbonyl (C=O) groups is 1. The Hall–Kier alpha value is -2.25. The molecule has 3 heterocycles. The number of pyridine rings is 1. The molecule has 3 N–H and O–H groups in total. The highest BCUT2D eigenvalue weighted by molar-refractivity contribution is 5.94. The van der Waals surface area contributed by atoms with Gasteiger partial charge in [-0.2, -0.15) is 5.10 Å². The molecule has 2 aromatic rings. The molecule has 0 bridgehead atoms. The van der Waals surface area contributed by atoms with Gasteiger partial charge in [0, 0.05) is 44.4 Å². The summed E-state index contributed by atoms with van der Waals surface area (Å²) in [5.74, 6) is 0.575. The van der Waals surface area contributed by atoms with E-state index in [-0.39, 0.29) is 5.91 Å². The molecule has 0 saturated carbocycles. The molecule has 0 atom stereocenters. The van der Waals surface area contributed by atoms with Crippen LogP contribution in [0.4, 0.5) is 0 Å². The molecular weight excluding hydrogens is 292 g/mol. The van der Waals surface area contributed by atoms with Crippen LogP contribution in [0.5, 0.6) is 0 Å². The number of nitrogens with two attached hydrogens (primary N) is 1. The zero-order valence-corrected chi connectivity index (χ0v) is 13.3. The van der Waals surface area contributed by atoms with Crippen molar-refractivity contribution in [2.24, 2.45) is 5.73 Å². The van der Waals surface area contributed by atoms with Gasteiger partial charge in [0.15, 0.2) is 11.5 Å². The number of fused-ring (bicyclic) bond motifs is 1. The average molecular weight is 314 g/mol. The molecule has 23 heavy (non-hydrogen) atoms. The Balaban J connectivity index is 2.02. The van der Waals surface area contributed by atoms with Crippen LogP contribution in [-0.4, -0.2) is 51.8 Å². The van der Waals surface area contributed by atoms with Crippen molar-refractivity contribution in [3.63, 3.8) is 0 Å². The van der Waals surface area contributed by atoms with Gasteiger partial charge in [0.25, 0.3) is 5.91 Å². The average Bonchev–Trinajstić information content (AvgIpc) is 2.99. The SMILES string of the molecule is CCN1CCc2c(c(C(=O)NCCN)nn2-c2ccccn2)C1. The zero-order chi connectivity index (χ0) is 16.2. The number of aromatic nitrogens is 3. The van der Waals surface area contributed by atoms with Crippen molar-refractivity contribution in [2.45, 2.75) is 19.9 Å². The normalized spacial score (nSPS) is 14.5. The van der Waals surface area contributed by atoms with Gasteiger partial charge in [0.05, 0.1) is 5.69 Å². The second-order valence-electron chi connectivity index (χ2n) is 5.54. The molecule has 7 heteroatoms. The van der Waals surface area contributed by atoms with Crippen LogP contribution in [0.25, 0.3) is 5.82 Å². The summed E-state index contributed by atoms with van der Waals surface area (Å²) in [6.45, 7) is 5.65. The highest BCUT2D eigenvalue weighted by Gasteiger charge is 2.28. The van der Waals surface area contributed by atoms with Crippen LogP contribution in [0.3, 0.4) is 0 Å². The highest BCUT2D eigenvalue weighted by Crippen LogP contribution is 2.24. The van der Waals surface area contributed by atoms with Crippen LogP contribution in [0, 0.1) is 0 Å². The van der Waals surface area contributed by atoms with E-state index in [1.54, 1.807) is 10.9 Å². The maximum atomic E-state index is 12.4. The largest absolute Gasteiger partial charge is 0.349 e. The Labute approximate surface area is 135 Å². The van der Waals surface area contributed by atoms with Crippen molar-refractivity contribution < 1.29 is 4.79 Å². The fourth-order valence-electron chi connectivity index (χ4n) is 2.87. The van der Waals surface area contributed by atoms with Crippen molar-refractivity contribution in [3.05, 3.63) is 41.3 Å². The minimum atomic E-state index is -0.167. The van der Waals surface area contributed by atoms with Crippen molar-refractivity contribution in [3.8, 4) is 5.82 Å². The van der Waals surface area contributed by atoms with Gasteiger partial charge in [0.1, 0.15) is 0 Å². The van der Waals surface area contributed by atoms with E-state index >= 15 is 0 Å². The first-order chi connectivity index (χ1) is 11.2. The topological polar surface area (TPSA) is 89.1 Å². The Bertz CT molecular complexity index is 681. The molecule has 0 radical (unpaired) electrons. The first-order valence-electron chi connectivity index (χ1n) is 7.97. The minimum absolute atomic E-state index is 0.167. The van der Waals surface area contributed by atoms with E-state index in [1.807, 2.05) is 18.2 Å². The van der Waals surface area contributed by atoms with E-state index in [9.17, 15) is 4.79 Å². The lowest BCUT2D eigenvalue weighted by Crippen LogP contribution is -2.33. The summed E-state index contributed by atoms with van der Waals surface area (Å²) >= 11 is 0. The first-order valence-corrected chi connectivity index (χ1v) is 7.97. The lowest BCUT2D eigenvalue weighted by atomic mass is 10.0. The molecule has 3 rings (SSSR count). The summed E-state index contributed by atoms with van der Waals surface area (Å²) in [5.41, 5.74) is 8.03. The number of nitrogens with one attached hydrogen (secondary N) is 1. The van der Waals surface area contributed by atoms with Crippen LogP contribution in [-0.2, 0) is 13.0 Å². The molecule has 1 aliphatic heterocycles.